The van der Waals surface area contributed by atoms with Crippen LogP contribution in [0, 0.1) is 0 Å². The second-order valence-corrected chi connectivity index (χ2v) is 7.08. The van der Waals surface area contributed by atoms with E-state index in [9.17, 15) is 19.8 Å². The molecule has 3 aromatic carbocycles. The number of benzene rings is 3. The van der Waals surface area contributed by atoms with Gasteiger partial charge in [-0.25, -0.2) is 4.79 Å². The predicted molar refractivity (Wildman–Crippen MR) is 101 cm³/mol. The van der Waals surface area contributed by atoms with Crippen LogP contribution >= 0.6 is 0 Å². The van der Waals surface area contributed by atoms with Gasteiger partial charge in [-0.3, -0.25) is 4.79 Å². The molecule has 0 aliphatic carbocycles. The molecule has 142 valence electrons. The third-order valence-electron chi connectivity index (χ3n) is 5.46. The molecule has 1 fully saturated rings. The molecule has 0 radical (unpaired) electrons. The van der Waals surface area contributed by atoms with Gasteiger partial charge in [0.25, 0.3) is 5.91 Å². The van der Waals surface area contributed by atoms with Crippen molar-refractivity contribution < 1.29 is 29.3 Å². The zero-order valence-electron chi connectivity index (χ0n) is 14.8. The Balaban J connectivity index is 1.75. The first-order valence-corrected chi connectivity index (χ1v) is 9.06. The maximum absolute atomic E-state index is 13.3. The van der Waals surface area contributed by atoms with Crippen LogP contribution in [0.5, 0.6) is 17.2 Å². The maximum atomic E-state index is 13.3. The van der Waals surface area contributed by atoms with Gasteiger partial charge in [0.05, 0.1) is 0 Å². The van der Waals surface area contributed by atoms with Gasteiger partial charge < -0.3 is 24.6 Å². The van der Waals surface area contributed by atoms with Crippen LogP contribution in [0.4, 0.5) is 0 Å². The quantitative estimate of drug-likeness (QED) is 0.664. The van der Waals surface area contributed by atoms with Gasteiger partial charge in [0.1, 0.15) is 11.8 Å². The van der Waals surface area contributed by atoms with Crippen molar-refractivity contribution in [1.29, 1.82) is 0 Å². The van der Waals surface area contributed by atoms with E-state index in [-0.39, 0.29) is 18.4 Å². The molecule has 2 aliphatic heterocycles. The first kappa shape index (κ1) is 16.7. The second kappa shape index (κ2) is 6.02. The number of aromatic hydroxyl groups is 1. The molecule has 2 N–H and O–H groups in total. The standard InChI is InChI=1S/C21H17NO6/c23-12-3-4-13-15(8-12)14-9-19-18(27-10-28-19)7-11(14)6-16(13)20(24)22-5-1-2-17(22)21(25)26/h3-4,6-9,17,23H,1-2,5,10H2,(H,25,26)/t17-/m0/s1. The van der Waals surface area contributed by atoms with Gasteiger partial charge in [0.15, 0.2) is 11.5 Å². The summed E-state index contributed by atoms with van der Waals surface area (Å²) < 4.78 is 10.9. The minimum Gasteiger partial charge on any atom is -0.508 e. The number of amides is 1. The number of carbonyl (C=O) groups excluding carboxylic acids is 1. The first-order chi connectivity index (χ1) is 13.5. The fourth-order valence-electron chi connectivity index (χ4n) is 4.13. The summed E-state index contributed by atoms with van der Waals surface area (Å²) in [6, 6.07) is 9.41. The smallest absolute Gasteiger partial charge is 0.326 e. The molecule has 5 rings (SSSR count). The molecule has 1 atom stereocenters. The summed E-state index contributed by atoms with van der Waals surface area (Å²) in [7, 11) is 0. The van der Waals surface area contributed by atoms with Crippen LogP contribution in [0.25, 0.3) is 21.5 Å². The monoisotopic (exact) mass is 379 g/mol. The van der Waals surface area contributed by atoms with E-state index in [4.69, 9.17) is 9.47 Å². The van der Waals surface area contributed by atoms with E-state index in [0.29, 0.717) is 47.2 Å². The van der Waals surface area contributed by atoms with Crippen LogP contribution in [0.15, 0.2) is 36.4 Å². The van der Waals surface area contributed by atoms with E-state index in [2.05, 4.69) is 0 Å². The summed E-state index contributed by atoms with van der Waals surface area (Å²) >= 11 is 0. The van der Waals surface area contributed by atoms with Gasteiger partial charge in [0, 0.05) is 12.1 Å². The fraction of sp³-hybridized carbons (Fsp3) is 0.238. The Morgan fingerprint density at radius 2 is 1.79 bits per heavy atom. The topological polar surface area (TPSA) is 96.3 Å². The normalized spacial score (nSPS) is 18.1. The Kier molecular flexibility index (Phi) is 3.58. The molecule has 7 heteroatoms. The molecule has 7 nitrogen and oxygen atoms in total. The summed E-state index contributed by atoms with van der Waals surface area (Å²) in [5.74, 6) is -0.0190. The Bertz CT molecular complexity index is 1150. The number of rotatable bonds is 2. The lowest BCUT2D eigenvalue weighted by Crippen LogP contribution is -2.40. The summed E-state index contributed by atoms with van der Waals surface area (Å²) in [4.78, 5) is 26.2. The molecule has 0 unspecified atom stereocenters. The van der Waals surface area contributed by atoms with Gasteiger partial charge in [0.2, 0.25) is 6.79 Å². The lowest BCUT2D eigenvalue weighted by molar-refractivity contribution is -0.141. The molecule has 28 heavy (non-hydrogen) atoms. The Morgan fingerprint density at radius 1 is 1.00 bits per heavy atom. The predicted octanol–water partition coefficient (Wildman–Crippen LogP) is 3.12. The maximum Gasteiger partial charge on any atom is 0.326 e. The van der Waals surface area contributed by atoms with Crippen molar-refractivity contribution in [1.82, 2.24) is 4.90 Å². The van der Waals surface area contributed by atoms with Gasteiger partial charge in [-0.05, 0) is 70.8 Å². The lowest BCUT2D eigenvalue weighted by atomic mass is 9.95. The Morgan fingerprint density at radius 3 is 2.57 bits per heavy atom. The summed E-state index contributed by atoms with van der Waals surface area (Å²) in [5, 5.41) is 22.4. The number of carboxylic acids is 1. The minimum atomic E-state index is -0.989. The molecule has 0 aromatic heterocycles. The van der Waals surface area contributed by atoms with E-state index in [1.165, 1.54) is 11.0 Å². The molecule has 1 amide bonds. The molecule has 0 spiro atoms. The Hall–Kier alpha value is -3.48. The number of hydrogen-bond donors (Lipinski definition) is 2. The zero-order valence-corrected chi connectivity index (χ0v) is 14.8. The largest absolute Gasteiger partial charge is 0.508 e. The first-order valence-electron chi connectivity index (χ1n) is 9.06. The molecular formula is C21H17NO6. The summed E-state index contributed by atoms with van der Waals surface area (Å²) in [6.07, 6.45) is 1.11. The third-order valence-corrected chi connectivity index (χ3v) is 5.46. The zero-order chi connectivity index (χ0) is 19.4. The van der Waals surface area contributed by atoms with Crippen molar-refractivity contribution in [2.75, 3.05) is 13.3 Å². The average Bonchev–Trinajstić information content (AvgIpc) is 3.34. The van der Waals surface area contributed by atoms with Crippen LogP contribution in [0.3, 0.4) is 0 Å². The van der Waals surface area contributed by atoms with Crippen molar-refractivity contribution in [2.24, 2.45) is 0 Å². The van der Waals surface area contributed by atoms with E-state index in [1.54, 1.807) is 24.3 Å². The average molecular weight is 379 g/mol. The van der Waals surface area contributed by atoms with Gasteiger partial charge in [-0.15, -0.1) is 0 Å². The van der Waals surface area contributed by atoms with Gasteiger partial charge >= 0.3 is 5.97 Å². The van der Waals surface area contributed by atoms with Crippen molar-refractivity contribution in [2.45, 2.75) is 18.9 Å². The number of likely N-dealkylation sites (tertiary alicyclic amines) is 1. The molecule has 2 aliphatic rings. The van der Waals surface area contributed by atoms with E-state index >= 15 is 0 Å². The summed E-state index contributed by atoms with van der Waals surface area (Å²) in [6.45, 7) is 0.545. The molecule has 0 saturated carbocycles. The van der Waals surface area contributed by atoms with Crippen molar-refractivity contribution in [3.63, 3.8) is 0 Å². The number of phenols is 1. The number of carbonyl (C=O) groups is 2. The van der Waals surface area contributed by atoms with Crippen molar-refractivity contribution in [3.05, 3.63) is 42.0 Å². The van der Waals surface area contributed by atoms with E-state index in [0.717, 1.165) is 10.8 Å². The summed E-state index contributed by atoms with van der Waals surface area (Å²) in [5.41, 5.74) is 0.412. The van der Waals surface area contributed by atoms with Crippen LogP contribution < -0.4 is 9.47 Å². The number of carboxylic acid groups (broad SMARTS) is 1. The van der Waals surface area contributed by atoms with Crippen LogP contribution in [0.2, 0.25) is 0 Å². The van der Waals surface area contributed by atoms with Crippen LogP contribution in [0.1, 0.15) is 23.2 Å². The highest BCUT2D eigenvalue weighted by atomic mass is 16.7. The number of fused-ring (bicyclic) bond motifs is 4. The van der Waals surface area contributed by atoms with Crippen LogP contribution in [-0.2, 0) is 4.79 Å². The molecule has 3 aromatic rings. The highest BCUT2D eigenvalue weighted by Gasteiger charge is 2.35. The SMILES string of the molecule is O=C(O)[C@@H]1CCCN1C(=O)c1cc2cc3c(cc2c2cc(O)ccc12)OCO3. The highest BCUT2D eigenvalue weighted by molar-refractivity contribution is 6.18. The lowest BCUT2D eigenvalue weighted by Gasteiger charge is -2.22. The molecular weight excluding hydrogens is 362 g/mol. The van der Waals surface area contributed by atoms with E-state index in [1.807, 2.05) is 6.07 Å². The number of ether oxygens (including phenoxy) is 2. The highest BCUT2D eigenvalue weighted by Crippen LogP contribution is 2.40. The van der Waals surface area contributed by atoms with Crippen molar-refractivity contribution in [3.8, 4) is 17.2 Å². The fourth-order valence-corrected chi connectivity index (χ4v) is 4.13. The minimum absolute atomic E-state index is 0.0839. The van der Waals surface area contributed by atoms with Crippen LogP contribution in [-0.4, -0.2) is 46.4 Å². The van der Waals surface area contributed by atoms with Crippen molar-refractivity contribution >= 4 is 33.4 Å². The molecule has 0 bridgehead atoms. The third kappa shape index (κ3) is 2.43. The second-order valence-electron chi connectivity index (χ2n) is 7.08. The Labute approximate surface area is 159 Å². The number of phenolic OH excluding ortho intramolecular Hbond substituents is 1. The molecule has 1 saturated heterocycles. The number of nitrogens with zero attached hydrogens (tertiary/aromatic N) is 1. The van der Waals surface area contributed by atoms with Gasteiger partial charge in [-0.2, -0.15) is 0 Å². The van der Waals surface area contributed by atoms with E-state index < -0.39 is 12.0 Å². The number of hydrogen-bond acceptors (Lipinski definition) is 5. The molecule has 2 heterocycles. The van der Waals surface area contributed by atoms with Gasteiger partial charge in [-0.1, -0.05) is 0 Å². The number of aliphatic carboxylic acids is 1.